The number of Topliss-reactive ketones (excluding diaryl/α,β-unsaturated/α-hetero) is 1. The second-order valence-electron chi connectivity index (χ2n) is 5.20. The van der Waals surface area contributed by atoms with E-state index >= 15 is 0 Å². The number of hydrogen-bond donors (Lipinski definition) is 0. The maximum absolute atomic E-state index is 11.8. The van der Waals surface area contributed by atoms with Crippen molar-refractivity contribution in [3.63, 3.8) is 0 Å². The number of methoxy groups -OCH3 is 2. The molecule has 1 atom stereocenters. The van der Waals surface area contributed by atoms with Crippen molar-refractivity contribution in [3.05, 3.63) is 23.3 Å². The van der Waals surface area contributed by atoms with Gasteiger partial charge in [0.05, 0.1) is 14.2 Å². The van der Waals surface area contributed by atoms with Gasteiger partial charge in [-0.05, 0) is 18.1 Å². The molecule has 0 radical (unpaired) electrons. The molecular formula is C15H19NO3. The maximum atomic E-state index is 11.8. The Morgan fingerprint density at radius 3 is 2.68 bits per heavy atom. The predicted molar refractivity (Wildman–Crippen MR) is 71.8 cm³/mol. The van der Waals surface area contributed by atoms with Crippen molar-refractivity contribution in [1.29, 1.82) is 0 Å². The summed E-state index contributed by atoms with van der Waals surface area (Å²) in [4.78, 5) is 14.2. The molecule has 0 saturated carbocycles. The SMILES string of the molecule is COc1cc2c(c(OC)c1)C1CC(=O)CCN1CC2. The molecule has 0 aromatic heterocycles. The Kier molecular flexibility index (Phi) is 3.19. The van der Waals surface area contributed by atoms with Gasteiger partial charge < -0.3 is 9.47 Å². The van der Waals surface area contributed by atoms with Crippen LogP contribution in [0.15, 0.2) is 12.1 Å². The predicted octanol–water partition coefficient (Wildman–Crippen LogP) is 1.97. The monoisotopic (exact) mass is 261 g/mol. The number of piperidine rings is 1. The molecule has 1 aromatic rings. The topological polar surface area (TPSA) is 38.8 Å². The fraction of sp³-hybridized carbons (Fsp3) is 0.533. The minimum Gasteiger partial charge on any atom is -0.497 e. The molecule has 4 heteroatoms. The van der Waals surface area contributed by atoms with Crippen LogP contribution in [0.2, 0.25) is 0 Å². The lowest BCUT2D eigenvalue weighted by Crippen LogP contribution is -2.41. The lowest BCUT2D eigenvalue weighted by Gasteiger charge is -2.40. The van der Waals surface area contributed by atoms with E-state index < -0.39 is 0 Å². The Labute approximate surface area is 113 Å². The summed E-state index contributed by atoms with van der Waals surface area (Å²) in [6.07, 6.45) is 2.29. The summed E-state index contributed by atoms with van der Waals surface area (Å²) >= 11 is 0. The van der Waals surface area contributed by atoms with Crippen molar-refractivity contribution in [3.8, 4) is 11.5 Å². The van der Waals surface area contributed by atoms with E-state index in [9.17, 15) is 4.79 Å². The van der Waals surface area contributed by atoms with Crippen molar-refractivity contribution in [2.45, 2.75) is 25.3 Å². The summed E-state index contributed by atoms with van der Waals surface area (Å²) in [6.45, 7) is 1.89. The first-order valence-corrected chi connectivity index (χ1v) is 6.73. The van der Waals surface area contributed by atoms with Crippen LogP contribution in [0.3, 0.4) is 0 Å². The van der Waals surface area contributed by atoms with Crippen molar-refractivity contribution in [1.82, 2.24) is 4.90 Å². The fourth-order valence-corrected chi connectivity index (χ4v) is 3.22. The van der Waals surface area contributed by atoms with Crippen LogP contribution in [0.25, 0.3) is 0 Å². The van der Waals surface area contributed by atoms with Crippen LogP contribution in [0.1, 0.15) is 30.0 Å². The lowest BCUT2D eigenvalue weighted by molar-refractivity contribution is -0.123. The van der Waals surface area contributed by atoms with Gasteiger partial charge in [0.25, 0.3) is 0 Å². The van der Waals surface area contributed by atoms with E-state index in [2.05, 4.69) is 11.0 Å². The molecule has 1 aromatic carbocycles. The molecule has 102 valence electrons. The van der Waals surface area contributed by atoms with Gasteiger partial charge in [-0.2, -0.15) is 0 Å². The minimum atomic E-state index is 0.186. The molecule has 4 nitrogen and oxygen atoms in total. The van der Waals surface area contributed by atoms with Crippen molar-refractivity contribution in [2.24, 2.45) is 0 Å². The van der Waals surface area contributed by atoms with E-state index in [0.717, 1.165) is 31.0 Å². The van der Waals surface area contributed by atoms with Gasteiger partial charge in [0.1, 0.15) is 17.3 Å². The molecule has 2 aliphatic rings. The number of carbonyl (C=O) groups excluding carboxylic acids is 1. The third-order valence-corrected chi connectivity index (χ3v) is 4.20. The van der Waals surface area contributed by atoms with Crippen LogP contribution >= 0.6 is 0 Å². The van der Waals surface area contributed by atoms with Crippen LogP contribution in [0.4, 0.5) is 0 Å². The zero-order valence-corrected chi connectivity index (χ0v) is 11.4. The molecule has 19 heavy (non-hydrogen) atoms. The van der Waals surface area contributed by atoms with E-state index in [-0.39, 0.29) is 6.04 Å². The highest BCUT2D eigenvalue weighted by molar-refractivity contribution is 5.80. The van der Waals surface area contributed by atoms with Gasteiger partial charge in [0.2, 0.25) is 0 Å². The van der Waals surface area contributed by atoms with Gasteiger partial charge in [0.15, 0.2) is 0 Å². The molecule has 1 fully saturated rings. The second-order valence-corrected chi connectivity index (χ2v) is 5.20. The Bertz CT molecular complexity index is 495. The van der Waals surface area contributed by atoms with E-state index in [4.69, 9.17) is 9.47 Å². The van der Waals surface area contributed by atoms with Crippen LogP contribution in [-0.4, -0.2) is 38.0 Å². The molecule has 0 bridgehead atoms. The van der Waals surface area contributed by atoms with Crippen LogP contribution < -0.4 is 9.47 Å². The minimum absolute atomic E-state index is 0.186. The Hall–Kier alpha value is -1.55. The van der Waals surface area contributed by atoms with Gasteiger partial charge in [-0.3, -0.25) is 9.69 Å². The number of fused-ring (bicyclic) bond motifs is 3. The summed E-state index contributed by atoms with van der Waals surface area (Å²) in [7, 11) is 3.35. The number of nitrogens with zero attached hydrogens (tertiary/aromatic N) is 1. The van der Waals surface area contributed by atoms with Crippen LogP contribution in [0, 0.1) is 0 Å². The number of ether oxygens (including phenoxy) is 2. The highest BCUT2D eigenvalue weighted by Gasteiger charge is 2.35. The standard InChI is InChI=1S/C15H19NO3/c1-18-12-7-10-3-5-16-6-4-11(17)8-13(16)15(10)14(9-12)19-2/h7,9,13H,3-6,8H2,1-2H3. The third-order valence-electron chi connectivity index (χ3n) is 4.20. The normalized spacial score (nSPS) is 22.6. The molecule has 2 aliphatic heterocycles. The number of hydrogen-bond acceptors (Lipinski definition) is 4. The van der Waals surface area contributed by atoms with Gasteiger partial charge in [-0.15, -0.1) is 0 Å². The van der Waals surface area contributed by atoms with E-state index in [1.54, 1.807) is 14.2 Å². The molecule has 0 aliphatic carbocycles. The van der Waals surface area contributed by atoms with E-state index in [1.165, 1.54) is 11.1 Å². The average molecular weight is 261 g/mol. The zero-order valence-electron chi connectivity index (χ0n) is 11.4. The number of ketones is 1. The van der Waals surface area contributed by atoms with Crippen molar-refractivity contribution < 1.29 is 14.3 Å². The summed E-state index contributed by atoms with van der Waals surface area (Å²) in [5.74, 6) is 2.02. The summed E-state index contributed by atoms with van der Waals surface area (Å²) < 4.78 is 10.8. The summed E-state index contributed by atoms with van der Waals surface area (Å²) in [5, 5.41) is 0. The number of benzene rings is 1. The Morgan fingerprint density at radius 1 is 1.16 bits per heavy atom. The molecule has 2 heterocycles. The molecule has 3 rings (SSSR count). The van der Waals surface area contributed by atoms with Crippen LogP contribution in [-0.2, 0) is 11.2 Å². The van der Waals surface area contributed by atoms with Gasteiger partial charge in [-0.1, -0.05) is 0 Å². The highest BCUT2D eigenvalue weighted by Crippen LogP contribution is 2.42. The third kappa shape index (κ3) is 2.10. The highest BCUT2D eigenvalue weighted by atomic mass is 16.5. The van der Waals surface area contributed by atoms with Crippen molar-refractivity contribution >= 4 is 5.78 Å². The van der Waals surface area contributed by atoms with Crippen LogP contribution in [0.5, 0.6) is 11.5 Å². The van der Waals surface area contributed by atoms with Crippen molar-refractivity contribution in [2.75, 3.05) is 27.3 Å². The largest absolute Gasteiger partial charge is 0.497 e. The molecule has 0 amide bonds. The zero-order chi connectivity index (χ0) is 13.4. The first-order chi connectivity index (χ1) is 9.22. The van der Waals surface area contributed by atoms with Gasteiger partial charge in [-0.25, -0.2) is 0 Å². The summed E-state index contributed by atoms with van der Waals surface area (Å²) in [5.41, 5.74) is 2.44. The first-order valence-electron chi connectivity index (χ1n) is 6.73. The average Bonchev–Trinajstić information content (AvgIpc) is 2.45. The number of carbonyl (C=O) groups is 1. The Balaban J connectivity index is 2.07. The molecule has 0 spiro atoms. The summed E-state index contributed by atoms with van der Waals surface area (Å²) in [6, 6.07) is 4.18. The second kappa shape index (κ2) is 4.85. The van der Waals surface area contributed by atoms with Gasteiger partial charge >= 0.3 is 0 Å². The smallest absolute Gasteiger partial charge is 0.136 e. The van der Waals surface area contributed by atoms with E-state index in [0.29, 0.717) is 18.6 Å². The Morgan fingerprint density at radius 2 is 1.95 bits per heavy atom. The first kappa shape index (κ1) is 12.5. The fourth-order valence-electron chi connectivity index (χ4n) is 3.22. The maximum Gasteiger partial charge on any atom is 0.136 e. The molecule has 1 saturated heterocycles. The number of rotatable bonds is 2. The molecule has 0 N–H and O–H groups in total. The quantitative estimate of drug-likeness (QED) is 0.816. The van der Waals surface area contributed by atoms with Gasteiger partial charge in [0, 0.05) is 43.6 Å². The molecule has 1 unspecified atom stereocenters. The van der Waals surface area contributed by atoms with E-state index in [1.807, 2.05) is 6.07 Å². The molecular weight excluding hydrogens is 242 g/mol. The lowest BCUT2D eigenvalue weighted by atomic mass is 9.85.